The first-order valence-corrected chi connectivity index (χ1v) is 23.1. The number of phenols is 1. The van der Waals surface area contributed by atoms with Crippen LogP contribution in [0.25, 0.3) is 0 Å². The molecule has 15 nitrogen and oxygen atoms in total. The molecule has 4 heterocycles. The zero-order chi connectivity index (χ0) is 47.4. The Morgan fingerprint density at radius 1 is 0.922 bits per heavy atom. The Bertz CT molecular complexity index is 2140. The minimum atomic E-state index is -2.06. The Morgan fingerprint density at radius 2 is 1.55 bits per heavy atom. The van der Waals surface area contributed by atoms with Crippen LogP contribution in [-0.4, -0.2) is 120 Å². The number of esters is 1. The van der Waals surface area contributed by atoms with Crippen LogP contribution < -0.4 is 10.1 Å². The normalized spacial score (nSPS) is 31.5. The van der Waals surface area contributed by atoms with Gasteiger partial charge in [-0.3, -0.25) is 29.0 Å². The number of thioether (sulfide) groups is 1. The number of nitrogens with one attached hydrogen (secondary N) is 1. The fourth-order valence-corrected chi connectivity index (χ4v) is 9.63. The van der Waals surface area contributed by atoms with Gasteiger partial charge in [0.2, 0.25) is 5.78 Å². The van der Waals surface area contributed by atoms with Crippen molar-refractivity contribution in [2.45, 2.75) is 125 Å². The highest BCUT2D eigenvalue weighted by molar-refractivity contribution is 7.99. The zero-order valence-electron chi connectivity index (χ0n) is 39.3. The molecular weight excluding hydrogens is 843 g/mol. The largest absolute Gasteiger partial charge is 0.507 e. The highest BCUT2D eigenvalue weighted by Crippen LogP contribution is 2.48. The van der Waals surface area contributed by atoms with Gasteiger partial charge in [-0.25, -0.2) is 0 Å². The van der Waals surface area contributed by atoms with Crippen LogP contribution in [-0.2, 0) is 33.3 Å². The van der Waals surface area contributed by atoms with Gasteiger partial charge in [0.15, 0.2) is 5.78 Å². The number of ether oxygens (including phenoxy) is 6. The Labute approximate surface area is 381 Å². The highest BCUT2D eigenvalue weighted by Gasteiger charge is 2.53. The number of hydrazone groups is 1. The molecule has 2 N–H and O–H groups in total. The average Bonchev–Trinajstić information content (AvgIpc) is 3.50. The maximum absolute atomic E-state index is 14.7. The third-order valence-corrected chi connectivity index (χ3v) is 13.1. The van der Waals surface area contributed by atoms with Crippen molar-refractivity contribution in [2.75, 3.05) is 31.7 Å². The van der Waals surface area contributed by atoms with E-state index in [1.807, 2.05) is 61.5 Å². The van der Waals surface area contributed by atoms with Gasteiger partial charge < -0.3 is 38.8 Å². The number of allylic oxidation sites excluding steroid dienone is 4. The zero-order valence-corrected chi connectivity index (χ0v) is 40.1. The molecule has 1 aliphatic carbocycles. The van der Waals surface area contributed by atoms with Gasteiger partial charge in [0.1, 0.15) is 23.3 Å². The van der Waals surface area contributed by atoms with E-state index in [9.17, 15) is 29.1 Å². The highest BCUT2D eigenvalue weighted by atomic mass is 32.2. The molecule has 6 rings (SSSR count). The van der Waals surface area contributed by atoms with Crippen LogP contribution in [0.2, 0.25) is 0 Å². The Kier molecular flexibility index (Phi) is 16.5. The summed E-state index contributed by atoms with van der Waals surface area (Å²) in [5.41, 5.74) is -1.52. The predicted octanol–water partition coefficient (Wildman–Crippen LogP) is 6.90. The van der Waals surface area contributed by atoms with E-state index in [2.05, 4.69) is 10.4 Å². The third-order valence-electron chi connectivity index (χ3n) is 12.1. The lowest BCUT2D eigenvalue weighted by atomic mass is 9.78. The molecule has 0 radical (unpaired) electrons. The number of carbonyl (C=O) groups is 5. The summed E-state index contributed by atoms with van der Waals surface area (Å²) in [6.07, 6.45) is 6.58. The number of rotatable bonds is 8. The lowest BCUT2D eigenvalue weighted by Crippen LogP contribution is -2.49. The second kappa shape index (κ2) is 21.0. The van der Waals surface area contributed by atoms with Crippen molar-refractivity contribution in [1.29, 1.82) is 0 Å². The fraction of sp³-hybridized carbons (Fsp3) is 0.583. The fourth-order valence-electron chi connectivity index (χ4n) is 8.74. The Hall–Kier alpha value is -4.77. The first-order chi connectivity index (χ1) is 30.1. The van der Waals surface area contributed by atoms with Gasteiger partial charge in [0.25, 0.3) is 11.7 Å². The number of carbonyl (C=O) groups excluding carboxylic acids is 5. The molecule has 0 unspecified atom stereocenters. The second-order valence-corrected chi connectivity index (χ2v) is 18.9. The van der Waals surface area contributed by atoms with Crippen molar-refractivity contribution in [2.24, 2.45) is 28.8 Å². The molecule has 16 heteroatoms. The van der Waals surface area contributed by atoms with Crippen LogP contribution in [0.1, 0.15) is 113 Å². The Morgan fingerprint density at radius 3 is 2.16 bits per heavy atom. The van der Waals surface area contributed by atoms with E-state index in [0.29, 0.717) is 13.1 Å². The van der Waals surface area contributed by atoms with Crippen LogP contribution >= 0.6 is 11.8 Å². The minimum absolute atomic E-state index is 0.0165. The summed E-state index contributed by atoms with van der Waals surface area (Å²) in [5.74, 6) is -6.21. The van der Waals surface area contributed by atoms with Gasteiger partial charge in [-0.05, 0) is 47.6 Å². The molecule has 1 aromatic carbocycles. The summed E-state index contributed by atoms with van der Waals surface area (Å²) in [4.78, 5) is 70.5. The summed E-state index contributed by atoms with van der Waals surface area (Å²) in [6, 6.07) is 0. The molecular formula is C48H65N3O12S. The molecule has 0 aromatic heterocycles. The molecule has 0 saturated carbocycles. The standard InChI is InChI=1S/C48H65N3O12S/c1-24(2)60-42-26(5)15-14-16-27(6)47(57)50-38-33(23-49-51-18-21-64-22-19-51)40(54)35-36(41(38)55)39(53)29(8)45-37(35)46(56)48(12,63-45)59-20-17-34(58-13)28(7)43(62-32(11)52)31(10)44(30(42)9)61-25(3)4/h14-17,20,23-26,28,30-31,34,42-44,53H,18-19,21-22H2,1-13H3,(H,50,57)/b15-14+,20-17+,27-16-,49-23+/t26-,28+,30+,31-,34-,42-,43+,44+,48-/m0/s1. The lowest BCUT2D eigenvalue weighted by molar-refractivity contribution is -0.170. The molecule has 4 aliphatic heterocycles. The number of hydrogen-bond donors (Lipinski definition) is 2. The molecule has 9 atom stereocenters. The molecule has 1 aromatic rings. The molecule has 5 bridgehead atoms. The molecule has 64 heavy (non-hydrogen) atoms. The van der Waals surface area contributed by atoms with Crippen LogP contribution in [0.15, 0.2) is 52.5 Å². The van der Waals surface area contributed by atoms with E-state index in [1.54, 1.807) is 41.9 Å². The number of benzene rings is 1. The number of aromatic hydroxyl groups is 1. The number of fused-ring (bicyclic) bond motifs is 14. The second-order valence-electron chi connectivity index (χ2n) is 17.7. The van der Waals surface area contributed by atoms with Crippen LogP contribution in [0.3, 0.4) is 0 Å². The lowest BCUT2D eigenvalue weighted by Gasteiger charge is -2.42. The molecule has 0 spiro atoms. The van der Waals surface area contributed by atoms with Crippen molar-refractivity contribution in [3.63, 3.8) is 0 Å². The maximum Gasteiger partial charge on any atom is 0.312 e. The first kappa shape index (κ1) is 50.2. The van der Waals surface area contributed by atoms with E-state index in [-0.39, 0.29) is 57.6 Å². The minimum Gasteiger partial charge on any atom is -0.507 e. The van der Waals surface area contributed by atoms with E-state index in [0.717, 1.165) is 11.5 Å². The summed E-state index contributed by atoms with van der Waals surface area (Å²) < 4.78 is 37.5. The number of hydrogen-bond acceptors (Lipinski definition) is 15. The van der Waals surface area contributed by atoms with Crippen molar-refractivity contribution in [3.8, 4) is 11.5 Å². The predicted molar refractivity (Wildman–Crippen MR) is 244 cm³/mol. The molecule has 5 aliphatic rings. The first-order valence-electron chi connectivity index (χ1n) is 22.0. The summed E-state index contributed by atoms with van der Waals surface area (Å²) in [7, 11) is 1.50. The number of methoxy groups -OCH3 is 1. The maximum atomic E-state index is 14.7. The molecule has 1 fully saturated rings. The van der Waals surface area contributed by atoms with E-state index in [1.165, 1.54) is 40.4 Å². The van der Waals surface area contributed by atoms with Crippen LogP contribution in [0.4, 0.5) is 0 Å². The van der Waals surface area contributed by atoms with Crippen molar-refractivity contribution in [3.05, 3.63) is 69.7 Å². The SMILES string of the molecule is CO[C@H]1/C=C/O[C@@]2(C)Oc3c(C)c(O)c4c(c3C2=O)C(=O)C(/C=N/N2CCSCC2)=C(NC(=O)/C(C)=C\C=C\[C@H](C)[C@H](OC(C)C)[C@@H](C)[C@@H](OC(C)C)[C@@H](C)[C@H](OC(C)=O)[C@@H]1C)C4=O. The number of phenolic OH excluding ortho intramolecular Hbond substituents is 1. The van der Waals surface area contributed by atoms with Crippen molar-refractivity contribution < 1.29 is 57.5 Å². The third kappa shape index (κ3) is 10.7. The monoisotopic (exact) mass is 907 g/mol. The summed E-state index contributed by atoms with van der Waals surface area (Å²) >= 11 is 1.76. The molecule has 350 valence electrons. The van der Waals surface area contributed by atoms with Crippen molar-refractivity contribution >= 4 is 47.2 Å². The summed E-state index contributed by atoms with van der Waals surface area (Å²) in [5, 5.41) is 20.5. The van der Waals surface area contributed by atoms with Gasteiger partial charge in [-0.1, -0.05) is 45.9 Å². The van der Waals surface area contributed by atoms with Crippen LogP contribution in [0.5, 0.6) is 11.5 Å². The smallest absolute Gasteiger partial charge is 0.312 e. The average molecular weight is 908 g/mol. The van der Waals surface area contributed by atoms with E-state index in [4.69, 9.17) is 28.4 Å². The number of Topliss-reactive ketones (excluding diaryl/α,β-unsaturated/α-hetero) is 3. The van der Waals surface area contributed by atoms with E-state index < -0.39 is 88.3 Å². The number of ketones is 3. The Balaban J connectivity index is 1.70. The van der Waals surface area contributed by atoms with Gasteiger partial charge in [0, 0.05) is 80.4 Å². The van der Waals surface area contributed by atoms with Gasteiger partial charge >= 0.3 is 11.8 Å². The van der Waals surface area contributed by atoms with E-state index >= 15 is 0 Å². The van der Waals surface area contributed by atoms with Gasteiger partial charge in [-0.2, -0.15) is 16.9 Å². The summed E-state index contributed by atoms with van der Waals surface area (Å²) in [6.45, 7) is 22.6. The van der Waals surface area contributed by atoms with Crippen LogP contribution in [0, 0.1) is 30.6 Å². The molecule has 1 saturated heterocycles. The topological polar surface area (TPSA) is 189 Å². The number of amides is 1. The van der Waals surface area contributed by atoms with Gasteiger partial charge in [-0.15, -0.1) is 0 Å². The van der Waals surface area contributed by atoms with Gasteiger partial charge in [0.05, 0.1) is 65.3 Å². The molecule has 1 amide bonds. The number of nitrogens with zero attached hydrogens (tertiary/aromatic N) is 2. The van der Waals surface area contributed by atoms with Crippen molar-refractivity contribution in [1.82, 2.24) is 10.3 Å². The quantitative estimate of drug-likeness (QED) is 0.203.